The number of para-hydroxylation sites is 1. The number of amides is 1. The maximum absolute atomic E-state index is 12.3. The zero-order chi connectivity index (χ0) is 13.8. The minimum atomic E-state index is -0.0517. The highest BCUT2D eigenvalue weighted by Gasteiger charge is 2.18. The fraction of sp³-hybridized carbons (Fsp3) is 0.438. The van der Waals surface area contributed by atoms with Crippen molar-refractivity contribution < 1.29 is 9.53 Å². The maximum Gasteiger partial charge on any atom is 0.255 e. The molecule has 0 saturated heterocycles. The molecule has 1 aromatic carbocycles. The normalized spacial score (nSPS) is 16.7. The highest BCUT2D eigenvalue weighted by Crippen LogP contribution is 2.31. The first-order chi connectivity index (χ1) is 9.84. The summed E-state index contributed by atoms with van der Waals surface area (Å²) in [7, 11) is 0. The average molecular weight is 272 g/mol. The Bertz CT molecular complexity index is 537. The van der Waals surface area contributed by atoms with Crippen molar-refractivity contribution in [3.8, 4) is 5.75 Å². The van der Waals surface area contributed by atoms with E-state index in [-0.39, 0.29) is 5.91 Å². The zero-order valence-electron chi connectivity index (χ0n) is 11.6. The van der Waals surface area contributed by atoms with Crippen molar-refractivity contribution in [1.29, 1.82) is 0 Å². The topological polar surface area (TPSA) is 50.4 Å². The van der Waals surface area contributed by atoms with Gasteiger partial charge in [-0.25, -0.2) is 0 Å². The molecule has 2 aliphatic rings. The molecule has 1 aliphatic heterocycles. The number of hydrogen-bond acceptors (Lipinski definition) is 3. The second-order valence-electron chi connectivity index (χ2n) is 5.22. The highest BCUT2D eigenvalue weighted by molar-refractivity contribution is 5.98. The standard InChI is InChI=1S/C16H20N2O2/c19-16(18-9-8-12-4-1-2-5-12)13-6-3-7-14-15(13)20-11-10-17-14/h3-4,6-7,17H,1-2,5,8-11H2,(H,18,19). The van der Waals surface area contributed by atoms with Crippen LogP contribution in [0.15, 0.2) is 29.8 Å². The van der Waals surface area contributed by atoms with Crippen LogP contribution in [0.2, 0.25) is 0 Å². The molecule has 1 amide bonds. The number of fused-ring (bicyclic) bond motifs is 1. The number of anilines is 1. The van der Waals surface area contributed by atoms with E-state index in [1.807, 2.05) is 18.2 Å². The monoisotopic (exact) mass is 272 g/mol. The highest BCUT2D eigenvalue weighted by atomic mass is 16.5. The van der Waals surface area contributed by atoms with E-state index in [0.29, 0.717) is 24.5 Å². The van der Waals surface area contributed by atoms with Crippen LogP contribution in [0.25, 0.3) is 0 Å². The van der Waals surface area contributed by atoms with Crippen molar-refractivity contribution in [2.75, 3.05) is 25.0 Å². The van der Waals surface area contributed by atoms with Gasteiger partial charge in [0.15, 0.2) is 5.75 Å². The van der Waals surface area contributed by atoms with Gasteiger partial charge in [-0.3, -0.25) is 4.79 Å². The van der Waals surface area contributed by atoms with Crippen LogP contribution in [-0.4, -0.2) is 25.6 Å². The summed E-state index contributed by atoms with van der Waals surface area (Å²) in [6.07, 6.45) is 6.89. The maximum atomic E-state index is 12.3. The lowest BCUT2D eigenvalue weighted by atomic mass is 10.1. The smallest absolute Gasteiger partial charge is 0.255 e. The lowest BCUT2D eigenvalue weighted by Gasteiger charge is -2.21. The van der Waals surface area contributed by atoms with Crippen molar-refractivity contribution in [2.45, 2.75) is 25.7 Å². The third kappa shape index (κ3) is 2.79. The molecule has 3 rings (SSSR count). The summed E-state index contributed by atoms with van der Waals surface area (Å²) >= 11 is 0. The Labute approximate surface area is 119 Å². The van der Waals surface area contributed by atoms with Crippen molar-refractivity contribution >= 4 is 11.6 Å². The molecule has 4 nitrogen and oxygen atoms in total. The van der Waals surface area contributed by atoms with Crippen molar-refractivity contribution in [2.24, 2.45) is 0 Å². The summed E-state index contributed by atoms with van der Waals surface area (Å²) in [6, 6.07) is 5.64. The molecule has 2 N–H and O–H groups in total. The summed E-state index contributed by atoms with van der Waals surface area (Å²) in [5, 5.41) is 6.23. The molecule has 1 heterocycles. The quantitative estimate of drug-likeness (QED) is 0.829. The third-order valence-electron chi connectivity index (χ3n) is 3.79. The number of carbonyl (C=O) groups excluding carboxylic acids is 1. The predicted octanol–water partition coefficient (Wildman–Crippen LogP) is 2.72. The first-order valence-corrected chi connectivity index (χ1v) is 7.30. The number of carbonyl (C=O) groups is 1. The number of rotatable bonds is 4. The molecule has 0 atom stereocenters. The van der Waals surface area contributed by atoms with Crippen LogP contribution in [0.5, 0.6) is 5.75 Å². The summed E-state index contributed by atoms with van der Waals surface area (Å²) < 4.78 is 5.62. The number of benzene rings is 1. The Balaban J connectivity index is 1.62. The molecule has 0 unspecified atom stereocenters. The Morgan fingerprint density at radius 3 is 3.20 bits per heavy atom. The van der Waals surface area contributed by atoms with E-state index in [4.69, 9.17) is 4.74 Å². The van der Waals surface area contributed by atoms with Crippen LogP contribution in [-0.2, 0) is 0 Å². The number of allylic oxidation sites excluding steroid dienone is 1. The van der Waals surface area contributed by atoms with Crippen LogP contribution >= 0.6 is 0 Å². The molecule has 4 heteroatoms. The van der Waals surface area contributed by atoms with Gasteiger partial charge in [-0.05, 0) is 37.8 Å². The van der Waals surface area contributed by atoms with E-state index < -0.39 is 0 Å². The molecule has 0 spiro atoms. The number of hydrogen-bond donors (Lipinski definition) is 2. The second kappa shape index (κ2) is 5.99. The molecule has 20 heavy (non-hydrogen) atoms. The van der Waals surface area contributed by atoms with Crippen LogP contribution in [0.1, 0.15) is 36.0 Å². The van der Waals surface area contributed by atoms with Crippen LogP contribution < -0.4 is 15.4 Å². The minimum absolute atomic E-state index is 0.0517. The molecule has 106 valence electrons. The van der Waals surface area contributed by atoms with E-state index in [9.17, 15) is 4.79 Å². The molecule has 1 aromatic rings. The van der Waals surface area contributed by atoms with Gasteiger partial charge in [0, 0.05) is 13.1 Å². The van der Waals surface area contributed by atoms with Gasteiger partial charge in [-0.15, -0.1) is 0 Å². The van der Waals surface area contributed by atoms with Crippen molar-refractivity contribution in [3.05, 3.63) is 35.4 Å². The van der Waals surface area contributed by atoms with E-state index in [2.05, 4.69) is 16.7 Å². The molecular formula is C16H20N2O2. The van der Waals surface area contributed by atoms with Crippen molar-refractivity contribution in [3.63, 3.8) is 0 Å². The fourth-order valence-corrected chi connectivity index (χ4v) is 2.75. The molecule has 1 aliphatic carbocycles. The molecule has 0 radical (unpaired) electrons. The Morgan fingerprint density at radius 2 is 2.35 bits per heavy atom. The van der Waals surface area contributed by atoms with Gasteiger partial charge in [0.05, 0.1) is 11.3 Å². The van der Waals surface area contributed by atoms with Gasteiger partial charge in [0.25, 0.3) is 5.91 Å². The van der Waals surface area contributed by atoms with Gasteiger partial charge < -0.3 is 15.4 Å². The van der Waals surface area contributed by atoms with E-state index in [1.165, 1.54) is 24.8 Å². The molecule has 0 aromatic heterocycles. The Kier molecular flexibility index (Phi) is 3.90. The lowest BCUT2D eigenvalue weighted by Crippen LogP contribution is -2.27. The first kappa shape index (κ1) is 13.0. The Hall–Kier alpha value is -1.97. The fourth-order valence-electron chi connectivity index (χ4n) is 2.75. The molecular weight excluding hydrogens is 252 g/mol. The van der Waals surface area contributed by atoms with Gasteiger partial charge >= 0.3 is 0 Å². The number of nitrogens with one attached hydrogen (secondary N) is 2. The van der Waals surface area contributed by atoms with Gasteiger partial charge in [-0.2, -0.15) is 0 Å². The molecule has 0 saturated carbocycles. The van der Waals surface area contributed by atoms with Crippen molar-refractivity contribution in [1.82, 2.24) is 5.32 Å². The van der Waals surface area contributed by atoms with E-state index in [1.54, 1.807) is 0 Å². The average Bonchev–Trinajstić information content (AvgIpc) is 3.00. The SMILES string of the molecule is O=C(NCCC1=CCCC1)c1cccc2c1OCCN2. The van der Waals surface area contributed by atoms with E-state index in [0.717, 1.165) is 18.7 Å². The Morgan fingerprint density at radius 1 is 1.40 bits per heavy atom. The summed E-state index contributed by atoms with van der Waals surface area (Å²) in [4.78, 5) is 12.3. The summed E-state index contributed by atoms with van der Waals surface area (Å²) in [5.41, 5.74) is 3.00. The third-order valence-corrected chi connectivity index (χ3v) is 3.79. The van der Waals surface area contributed by atoms with Gasteiger partial charge in [0.1, 0.15) is 6.61 Å². The van der Waals surface area contributed by atoms with Crippen LogP contribution in [0, 0.1) is 0 Å². The second-order valence-corrected chi connectivity index (χ2v) is 5.22. The first-order valence-electron chi connectivity index (χ1n) is 7.30. The summed E-state index contributed by atoms with van der Waals surface area (Å²) in [5.74, 6) is 0.625. The largest absolute Gasteiger partial charge is 0.489 e. The predicted molar refractivity (Wildman–Crippen MR) is 79.3 cm³/mol. The van der Waals surface area contributed by atoms with Gasteiger partial charge in [-0.1, -0.05) is 17.7 Å². The van der Waals surface area contributed by atoms with Crippen LogP contribution in [0.3, 0.4) is 0 Å². The number of ether oxygens (including phenoxy) is 1. The minimum Gasteiger partial charge on any atom is -0.489 e. The zero-order valence-corrected chi connectivity index (χ0v) is 11.6. The van der Waals surface area contributed by atoms with Crippen LogP contribution in [0.4, 0.5) is 5.69 Å². The lowest BCUT2D eigenvalue weighted by molar-refractivity contribution is 0.0950. The molecule has 0 bridgehead atoms. The van der Waals surface area contributed by atoms with Gasteiger partial charge in [0.2, 0.25) is 0 Å². The summed E-state index contributed by atoms with van der Waals surface area (Å²) in [6.45, 7) is 2.08. The molecule has 0 fully saturated rings. The van der Waals surface area contributed by atoms with E-state index >= 15 is 0 Å².